The van der Waals surface area contributed by atoms with Gasteiger partial charge < -0.3 is 4.90 Å². The fraction of sp³-hybridized carbons (Fsp3) is 0.625. The summed E-state index contributed by atoms with van der Waals surface area (Å²) < 4.78 is 94.7. The Bertz CT molecular complexity index is 1530. The maximum Gasteiger partial charge on any atom is 0.453 e. The first kappa shape index (κ1) is 31.4. The molecule has 0 bridgehead atoms. The molecule has 4 aliphatic carbocycles. The summed E-state index contributed by atoms with van der Waals surface area (Å²) in [7, 11) is -3.32. The highest BCUT2D eigenvalue weighted by atomic mass is 32.2. The number of sulfonamides is 1. The molecular formula is C32H37F5N2O4S. The number of hydrogen-bond acceptors (Lipinski definition) is 4. The quantitative estimate of drug-likeness (QED) is 0.372. The van der Waals surface area contributed by atoms with Crippen molar-refractivity contribution in [3.05, 3.63) is 58.2 Å². The number of carbonyl (C=O) groups is 2. The van der Waals surface area contributed by atoms with E-state index in [1.807, 2.05) is 12.1 Å². The Balaban J connectivity index is 1.26. The normalized spacial score (nSPS) is 31.8. The standard InChI is InChI=1S/C32H37F5N2O4S/c1-30-12-11-24-23(26(30)9-10-27(30)31(33,34)32(35,36)37)8-7-21-17-22(40)18-25(28(21)24)19-3-5-20(6-4-19)29(41)38-13-15-39(16-14-38)44(2,42)43/h3-6,17,23,25-27H,7-16,18H2,1-2H3/t23-,25?,26+,27?,30+/m1/s1. The second kappa shape index (κ2) is 10.7. The van der Waals surface area contributed by atoms with Gasteiger partial charge in [0, 0.05) is 50.0 Å². The molecule has 1 aromatic rings. The minimum absolute atomic E-state index is 0.0110. The predicted octanol–water partition coefficient (Wildman–Crippen LogP) is 6.12. The molecular weight excluding hydrogens is 603 g/mol. The molecule has 0 N–H and O–H groups in total. The van der Waals surface area contributed by atoms with Crippen LogP contribution in [0.1, 0.15) is 73.7 Å². The topological polar surface area (TPSA) is 74.8 Å². The number of halogens is 5. The summed E-state index contributed by atoms with van der Waals surface area (Å²) in [6.07, 6.45) is -0.477. The van der Waals surface area contributed by atoms with Crippen LogP contribution in [0.5, 0.6) is 0 Å². The minimum Gasteiger partial charge on any atom is -0.336 e. The second-order valence-electron chi connectivity index (χ2n) is 13.4. The molecule has 0 aromatic heterocycles. The van der Waals surface area contributed by atoms with Crippen LogP contribution in [0.25, 0.3) is 0 Å². The fourth-order valence-corrected chi connectivity index (χ4v) is 9.80. The molecule has 1 aromatic carbocycles. The number of allylic oxidation sites excluding steroid dienone is 4. The van der Waals surface area contributed by atoms with E-state index in [-0.39, 0.29) is 74.9 Å². The van der Waals surface area contributed by atoms with Gasteiger partial charge in [-0.25, -0.2) is 8.42 Å². The van der Waals surface area contributed by atoms with Gasteiger partial charge in [-0.1, -0.05) is 24.6 Å². The third-order valence-corrected chi connectivity index (χ3v) is 12.5. The van der Waals surface area contributed by atoms with Crippen molar-refractivity contribution >= 4 is 21.7 Å². The molecule has 240 valence electrons. The van der Waals surface area contributed by atoms with Crippen LogP contribution in [0.2, 0.25) is 0 Å². The molecule has 3 fully saturated rings. The Morgan fingerprint density at radius 3 is 2.23 bits per heavy atom. The van der Waals surface area contributed by atoms with E-state index in [0.717, 1.165) is 28.5 Å². The van der Waals surface area contributed by atoms with Gasteiger partial charge in [-0.15, -0.1) is 0 Å². The van der Waals surface area contributed by atoms with Crippen molar-refractivity contribution < 1.29 is 40.0 Å². The molecule has 5 aliphatic rings. The van der Waals surface area contributed by atoms with Crippen LogP contribution in [0.15, 0.2) is 47.1 Å². The van der Waals surface area contributed by atoms with Crippen LogP contribution < -0.4 is 0 Å². The number of amides is 1. The number of alkyl halides is 5. The molecule has 1 saturated heterocycles. The van der Waals surface area contributed by atoms with E-state index < -0.39 is 33.5 Å². The lowest BCUT2D eigenvalue weighted by Gasteiger charge is -2.51. The van der Waals surface area contributed by atoms with E-state index in [9.17, 15) is 40.0 Å². The minimum atomic E-state index is -5.58. The zero-order chi connectivity index (χ0) is 31.8. The van der Waals surface area contributed by atoms with Crippen LogP contribution >= 0.6 is 0 Å². The van der Waals surface area contributed by atoms with Crippen molar-refractivity contribution in [1.29, 1.82) is 0 Å². The van der Waals surface area contributed by atoms with Gasteiger partial charge in [-0.05, 0) is 90.7 Å². The van der Waals surface area contributed by atoms with E-state index in [1.165, 1.54) is 4.31 Å². The number of rotatable bonds is 4. The fourth-order valence-electron chi connectivity index (χ4n) is 8.97. The predicted molar refractivity (Wildman–Crippen MR) is 154 cm³/mol. The van der Waals surface area contributed by atoms with E-state index in [1.54, 1.807) is 30.0 Å². The van der Waals surface area contributed by atoms with Crippen molar-refractivity contribution in [2.75, 3.05) is 32.4 Å². The molecule has 1 heterocycles. The van der Waals surface area contributed by atoms with E-state index in [2.05, 4.69) is 0 Å². The van der Waals surface area contributed by atoms with Crippen molar-refractivity contribution in [3.8, 4) is 0 Å². The van der Waals surface area contributed by atoms with Gasteiger partial charge in [0.25, 0.3) is 5.91 Å². The molecule has 2 unspecified atom stereocenters. The third kappa shape index (κ3) is 5.13. The third-order valence-electron chi connectivity index (χ3n) is 11.2. The summed E-state index contributed by atoms with van der Waals surface area (Å²) in [6.45, 7) is 2.66. The summed E-state index contributed by atoms with van der Waals surface area (Å²) in [6, 6.07) is 7.10. The Labute approximate surface area is 254 Å². The molecule has 6 nitrogen and oxygen atoms in total. The molecule has 44 heavy (non-hydrogen) atoms. The number of nitrogens with zero attached hydrogens (tertiary/aromatic N) is 2. The summed E-state index contributed by atoms with van der Waals surface area (Å²) in [5, 5.41) is 0. The summed E-state index contributed by atoms with van der Waals surface area (Å²) in [4.78, 5) is 27.6. The Morgan fingerprint density at radius 2 is 1.61 bits per heavy atom. The molecule has 12 heteroatoms. The summed E-state index contributed by atoms with van der Waals surface area (Å²) >= 11 is 0. The van der Waals surface area contributed by atoms with Crippen LogP contribution in [0.4, 0.5) is 22.0 Å². The van der Waals surface area contributed by atoms with E-state index in [4.69, 9.17) is 0 Å². The van der Waals surface area contributed by atoms with Crippen molar-refractivity contribution in [2.24, 2.45) is 23.2 Å². The Hall–Kier alpha value is -2.60. The first-order chi connectivity index (χ1) is 20.5. The monoisotopic (exact) mass is 640 g/mol. The number of carbonyl (C=O) groups excluding carboxylic acids is 2. The van der Waals surface area contributed by atoms with Gasteiger partial charge in [0.2, 0.25) is 10.0 Å². The van der Waals surface area contributed by atoms with Crippen LogP contribution in [0.3, 0.4) is 0 Å². The Kier molecular flexibility index (Phi) is 7.66. The number of benzene rings is 1. The first-order valence-corrected chi connectivity index (χ1v) is 17.1. The average Bonchev–Trinajstić information content (AvgIpc) is 3.33. The lowest BCUT2D eigenvalue weighted by Crippen LogP contribution is -2.51. The van der Waals surface area contributed by atoms with Gasteiger partial charge in [-0.2, -0.15) is 26.3 Å². The highest BCUT2D eigenvalue weighted by molar-refractivity contribution is 7.88. The maximum absolute atomic E-state index is 14.7. The highest BCUT2D eigenvalue weighted by Crippen LogP contribution is 2.67. The lowest BCUT2D eigenvalue weighted by atomic mass is 9.54. The number of ketones is 1. The SMILES string of the molecule is C[C@]12CCC3=C4C(=CC(=O)CC4c4ccc(C(=O)N5CCN(S(C)(=O)=O)CC5)cc4)CC[C@H]3[C@@H]1CCC2C(F)(F)C(F)(F)F. The van der Waals surface area contributed by atoms with Gasteiger partial charge in [0.15, 0.2) is 5.78 Å². The van der Waals surface area contributed by atoms with Gasteiger partial charge >= 0.3 is 12.1 Å². The van der Waals surface area contributed by atoms with Crippen molar-refractivity contribution in [1.82, 2.24) is 9.21 Å². The van der Waals surface area contributed by atoms with Crippen molar-refractivity contribution in [2.45, 2.75) is 69.9 Å². The second-order valence-corrected chi connectivity index (χ2v) is 15.4. The highest BCUT2D eigenvalue weighted by Gasteiger charge is 2.70. The molecule has 1 amide bonds. The van der Waals surface area contributed by atoms with Gasteiger partial charge in [0.05, 0.1) is 6.26 Å². The molecule has 2 saturated carbocycles. The van der Waals surface area contributed by atoms with Crippen LogP contribution in [-0.2, 0) is 14.8 Å². The van der Waals surface area contributed by atoms with E-state index >= 15 is 0 Å². The van der Waals surface area contributed by atoms with Crippen molar-refractivity contribution in [3.63, 3.8) is 0 Å². The number of fused-ring (bicyclic) bond motifs is 4. The summed E-state index contributed by atoms with van der Waals surface area (Å²) in [5.41, 5.74) is 3.25. The largest absolute Gasteiger partial charge is 0.453 e. The summed E-state index contributed by atoms with van der Waals surface area (Å²) in [5.74, 6) is -7.35. The number of piperazine rings is 1. The molecule has 1 aliphatic heterocycles. The molecule has 0 radical (unpaired) electrons. The first-order valence-electron chi connectivity index (χ1n) is 15.3. The average molecular weight is 641 g/mol. The van der Waals surface area contributed by atoms with E-state index in [0.29, 0.717) is 31.2 Å². The maximum atomic E-state index is 14.7. The lowest BCUT2D eigenvalue weighted by molar-refractivity contribution is -0.314. The molecule has 6 rings (SSSR count). The molecule has 0 spiro atoms. The smallest absolute Gasteiger partial charge is 0.336 e. The molecule has 5 atom stereocenters. The van der Waals surface area contributed by atoms with Crippen LogP contribution in [0, 0.1) is 23.2 Å². The van der Waals surface area contributed by atoms with Gasteiger partial charge in [-0.3, -0.25) is 9.59 Å². The Morgan fingerprint density at radius 1 is 0.955 bits per heavy atom. The number of hydrogen-bond donors (Lipinski definition) is 0. The zero-order valence-electron chi connectivity index (χ0n) is 24.8. The zero-order valence-corrected chi connectivity index (χ0v) is 25.6. The van der Waals surface area contributed by atoms with Gasteiger partial charge in [0.1, 0.15) is 0 Å². The van der Waals surface area contributed by atoms with Crippen LogP contribution in [-0.4, -0.2) is 73.8 Å².